The third-order valence-electron chi connectivity index (χ3n) is 2.20. The van der Waals surface area contributed by atoms with Crippen molar-refractivity contribution in [2.45, 2.75) is 13.5 Å². The Morgan fingerprint density at radius 1 is 1.12 bits per heavy atom. The maximum Gasteiger partial charge on any atom is 0.216 e. The first kappa shape index (κ1) is 10.6. The van der Waals surface area contributed by atoms with E-state index in [1.54, 1.807) is 12.1 Å². The van der Waals surface area contributed by atoms with E-state index in [9.17, 15) is 4.39 Å². The Morgan fingerprint density at radius 2 is 1.88 bits per heavy atom. The molecule has 16 heavy (non-hydrogen) atoms. The van der Waals surface area contributed by atoms with Gasteiger partial charge in [0.15, 0.2) is 0 Å². The Hall–Kier alpha value is -1.90. The molecule has 0 unspecified atom stereocenters. The molecule has 2 rings (SSSR count). The van der Waals surface area contributed by atoms with Crippen LogP contribution in [0.25, 0.3) is 0 Å². The molecule has 0 spiro atoms. The summed E-state index contributed by atoms with van der Waals surface area (Å²) in [7, 11) is 0. The van der Waals surface area contributed by atoms with Crippen molar-refractivity contribution in [2.75, 3.05) is 0 Å². The van der Waals surface area contributed by atoms with Gasteiger partial charge in [-0.1, -0.05) is 35.9 Å². The number of rotatable bonds is 3. The van der Waals surface area contributed by atoms with Gasteiger partial charge in [0, 0.05) is 6.07 Å². The molecule has 1 aromatic carbocycles. The summed E-state index contributed by atoms with van der Waals surface area (Å²) >= 11 is 0. The molecule has 0 radical (unpaired) electrons. The average Bonchev–Trinajstić information content (AvgIpc) is 2.28. The molecule has 0 bridgehead atoms. The Bertz CT molecular complexity index is 468. The molecule has 0 fully saturated rings. The predicted octanol–water partition coefficient (Wildman–Crippen LogP) is 3.11. The zero-order valence-corrected chi connectivity index (χ0v) is 8.98. The van der Waals surface area contributed by atoms with E-state index in [2.05, 4.69) is 4.98 Å². The molecule has 3 heteroatoms. The Morgan fingerprint density at radius 3 is 2.56 bits per heavy atom. The van der Waals surface area contributed by atoms with Crippen LogP contribution in [0.15, 0.2) is 42.5 Å². The van der Waals surface area contributed by atoms with Crippen LogP contribution in [0, 0.1) is 12.9 Å². The summed E-state index contributed by atoms with van der Waals surface area (Å²) in [5.74, 6) is -0.220. The van der Waals surface area contributed by atoms with Gasteiger partial charge in [-0.25, -0.2) is 0 Å². The summed E-state index contributed by atoms with van der Waals surface area (Å²) in [5.41, 5.74) is 2.24. The SMILES string of the molecule is Cc1ccc(COc2cccc(F)n2)cc1. The number of aromatic nitrogens is 1. The Balaban J connectivity index is 1.99. The summed E-state index contributed by atoms with van der Waals surface area (Å²) in [5, 5.41) is 0. The molecule has 1 heterocycles. The van der Waals surface area contributed by atoms with Crippen molar-refractivity contribution in [3.8, 4) is 5.88 Å². The van der Waals surface area contributed by atoms with Crippen molar-refractivity contribution >= 4 is 0 Å². The van der Waals surface area contributed by atoms with Crippen LogP contribution in [0.4, 0.5) is 4.39 Å². The first-order chi connectivity index (χ1) is 7.74. The summed E-state index contributed by atoms with van der Waals surface area (Å²) in [4.78, 5) is 3.62. The van der Waals surface area contributed by atoms with Crippen molar-refractivity contribution in [3.05, 3.63) is 59.5 Å². The quantitative estimate of drug-likeness (QED) is 0.737. The van der Waals surface area contributed by atoms with E-state index >= 15 is 0 Å². The van der Waals surface area contributed by atoms with Crippen LogP contribution < -0.4 is 4.74 Å². The van der Waals surface area contributed by atoms with E-state index < -0.39 is 5.95 Å². The minimum atomic E-state index is -0.526. The summed E-state index contributed by atoms with van der Waals surface area (Å²) in [6.07, 6.45) is 0. The van der Waals surface area contributed by atoms with E-state index in [1.807, 2.05) is 31.2 Å². The molecule has 0 amide bonds. The molecule has 0 aliphatic heterocycles. The van der Waals surface area contributed by atoms with E-state index in [1.165, 1.54) is 11.6 Å². The van der Waals surface area contributed by atoms with Crippen LogP contribution >= 0.6 is 0 Å². The highest BCUT2D eigenvalue weighted by Gasteiger charge is 1.98. The van der Waals surface area contributed by atoms with E-state index in [0.717, 1.165) is 5.56 Å². The molecule has 0 aliphatic carbocycles. The van der Waals surface area contributed by atoms with Crippen LogP contribution in [-0.4, -0.2) is 4.98 Å². The second-order valence-electron chi connectivity index (χ2n) is 3.57. The van der Waals surface area contributed by atoms with E-state index in [0.29, 0.717) is 12.5 Å². The maximum absolute atomic E-state index is 12.8. The number of pyridine rings is 1. The van der Waals surface area contributed by atoms with E-state index in [4.69, 9.17) is 4.74 Å². The van der Waals surface area contributed by atoms with Gasteiger partial charge in [0.2, 0.25) is 11.8 Å². The number of aryl methyl sites for hydroxylation is 1. The minimum absolute atomic E-state index is 0.306. The van der Waals surface area contributed by atoms with E-state index in [-0.39, 0.29) is 0 Å². The largest absolute Gasteiger partial charge is 0.473 e. The highest BCUT2D eigenvalue weighted by molar-refractivity contribution is 5.21. The maximum atomic E-state index is 12.8. The monoisotopic (exact) mass is 217 g/mol. The van der Waals surface area contributed by atoms with Crippen molar-refractivity contribution in [3.63, 3.8) is 0 Å². The predicted molar refractivity (Wildman–Crippen MR) is 59.7 cm³/mol. The highest BCUT2D eigenvalue weighted by atomic mass is 19.1. The molecule has 2 nitrogen and oxygen atoms in total. The smallest absolute Gasteiger partial charge is 0.216 e. The van der Waals surface area contributed by atoms with Gasteiger partial charge in [0.05, 0.1) is 0 Å². The van der Waals surface area contributed by atoms with Crippen molar-refractivity contribution in [1.29, 1.82) is 0 Å². The molecule has 0 saturated carbocycles. The molecular formula is C13H12FNO. The standard InChI is InChI=1S/C13H12FNO/c1-10-5-7-11(8-6-10)9-16-13-4-2-3-12(14)15-13/h2-8H,9H2,1H3. The summed E-state index contributed by atoms with van der Waals surface area (Å²) < 4.78 is 18.1. The molecule has 0 N–H and O–H groups in total. The van der Waals surface area contributed by atoms with Gasteiger partial charge in [-0.2, -0.15) is 9.37 Å². The van der Waals surface area contributed by atoms with Gasteiger partial charge in [0.25, 0.3) is 0 Å². The zero-order valence-electron chi connectivity index (χ0n) is 8.98. The zero-order chi connectivity index (χ0) is 11.4. The van der Waals surface area contributed by atoms with Crippen LogP contribution in [0.5, 0.6) is 5.88 Å². The third kappa shape index (κ3) is 2.79. The van der Waals surface area contributed by atoms with Crippen LogP contribution in [-0.2, 0) is 6.61 Å². The van der Waals surface area contributed by atoms with Gasteiger partial charge < -0.3 is 4.74 Å². The fourth-order valence-electron chi connectivity index (χ4n) is 1.31. The number of nitrogens with zero attached hydrogens (tertiary/aromatic N) is 1. The van der Waals surface area contributed by atoms with Crippen molar-refractivity contribution in [2.24, 2.45) is 0 Å². The van der Waals surface area contributed by atoms with Crippen LogP contribution in [0.2, 0.25) is 0 Å². The fraction of sp³-hybridized carbons (Fsp3) is 0.154. The lowest BCUT2D eigenvalue weighted by atomic mass is 10.2. The Labute approximate surface area is 93.7 Å². The normalized spacial score (nSPS) is 10.1. The minimum Gasteiger partial charge on any atom is -0.473 e. The summed E-state index contributed by atoms with van der Waals surface area (Å²) in [6, 6.07) is 12.5. The number of hydrogen-bond acceptors (Lipinski definition) is 2. The molecule has 0 saturated heterocycles. The molecule has 0 aliphatic rings. The van der Waals surface area contributed by atoms with Crippen molar-refractivity contribution < 1.29 is 9.13 Å². The second-order valence-corrected chi connectivity index (χ2v) is 3.57. The fourth-order valence-corrected chi connectivity index (χ4v) is 1.31. The number of benzene rings is 1. The van der Waals surface area contributed by atoms with Gasteiger partial charge >= 0.3 is 0 Å². The lowest BCUT2D eigenvalue weighted by Gasteiger charge is -2.05. The molecule has 82 valence electrons. The third-order valence-corrected chi connectivity index (χ3v) is 2.20. The van der Waals surface area contributed by atoms with Gasteiger partial charge in [-0.05, 0) is 18.6 Å². The van der Waals surface area contributed by atoms with Gasteiger partial charge in [0.1, 0.15) is 6.61 Å². The van der Waals surface area contributed by atoms with Gasteiger partial charge in [-0.15, -0.1) is 0 Å². The van der Waals surface area contributed by atoms with Crippen molar-refractivity contribution in [1.82, 2.24) is 4.98 Å². The number of halogens is 1. The molecule has 1 aromatic heterocycles. The van der Waals surface area contributed by atoms with Crippen LogP contribution in [0.1, 0.15) is 11.1 Å². The number of hydrogen-bond donors (Lipinski definition) is 0. The second kappa shape index (κ2) is 4.75. The first-order valence-corrected chi connectivity index (χ1v) is 5.05. The average molecular weight is 217 g/mol. The number of ether oxygens (including phenoxy) is 1. The lowest BCUT2D eigenvalue weighted by molar-refractivity contribution is 0.289. The Kier molecular flexibility index (Phi) is 3.15. The summed E-state index contributed by atoms with van der Waals surface area (Å²) in [6.45, 7) is 2.43. The molecule has 2 aromatic rings. The lowest BCUT2D eigenvalue weighted by Crippen LogP contribution is -1.97. The molecular weight excluding hydrogens is 205 g/mol. The van der Waals surface area contributed by atoms with Gasteiger partial charge in [-0.3, -0.25) is 0 Å². The first-order valence-electron chi connectivity index (χ1n) is 5.05. The van der Waals surface area contributed by atoms with Crippen LogP contribution in [0.3, 0.4) is 0 Å². The topological polar surface area (TPSA) is 22.1 Å². The highest BCUT2D eigenvalue weighted by Crippen LogP contribution is 2.10. The molecule has 0 atom stereocenters.